The van der Waals surface area contributed by atoms with Gasteiger partial charge in [-0.2, -0.15) is 0 Å². The van der Waals surface area contributed by atoms with Crippen LogP contribution in [0.1, 0.15) is 52.9 Å². The van der Waals surface area contributed by atoms with Crippen LogP contribution in [-0.2, 0) is 14.8 Å². The van der Waals surface area contributed by atoms with Crippen molar-refractivity contribution >= 4 is 21.8 Å². The SMILES string of the molecule is C=CS(=O)(=O)N[C@@H]1CCCC(CCN(C(=O)OC(C)(C)C)c2ccc(OC(F)(F)F)cc2)C1. The Bertz CT molecular complexity index is 911. The highest BCUT2D eigenvalue weighted by Gasteiger charge is 2.31. The number of nitrogens with one attached hydrogen (secondary N) is 1. The van der Waals surface area contributed by atoms with E-state index in [4.69, 9.17) is 4.74 Å². The maximum absolute atomic E-state index is 12.8. The number of hydrogen-bond acceptors (Lipinski definition) is 5. The standard InChI is InChI=1S/C22H31F3N2O5S/c1-5-33(29,30)26-17-8-6-7-16(15-17)13-14-27(20(28)32-21(2,3)4)18-9-11-19(12-10-18)31-22(23,24)25/h5,9-12,16-17,26H,1,6-8,13-15H2,2-4H3/t16?,17-/m1/s1. The molecule has 1 aliphatic rings. The Labute approximate surface area is 193 Å². The van der Waals surface area contributed by atoms with E-state index in [-0.39, 0.29) is 24.3 Å². The number of carbonyl (C=O) groups excluding carboxylic acids is 1. The maximum atomic E-state index is 12.8. The van der Waals surface area contributed by atoms with Crippen LogP contribution in [0.3, 0.4) is 0 Å². The molecule has 1 saturated carbocycles. The third kappa shape index (κ3) is 9.63. The minimum absolute atomic E-state index is 0.161. The zero-order valence-corrected chi connectivity index (χ0v) is 19.8. The lowest BCUT2D eigenvalue weighted by molar-refractivity contribution is -0.274. The van der Waals surface area contributed by atoms with Gasteiger partial charge < -0.3 is 9.47 Å². The first-order valence-corrected chi connectivity index (χ1v) is 12.2. The number of carbonyl (C=O) groups is 1. The van der Waals surface area contributed by atoms with Crippen molar-refractivity contribution in [1.29, 1.82) is 0 Å². The average molecular weight is 493 g/mol. The van der Waals surface area contributed by atoms with E-state index in [0.717, 1.165) is 36.8 Å². The Kier molecular flexibility index (Phi) is 8.81. The van der Waals surface area contributed by atoms with Crippen LogP contribution in [0.15, 0.2) is 36.3 Å². The molecule has 2 atom stereocenters. The summed E-state index contributed by atoms with van der Waals surface area (Å²) >= 11 is 0. The van der Waals surface area contributed by atoms with Crippen molar-refractivity contribution < 1.29 is 35.9 Å². The molecule has 11 heteroatoms. The zero-order valence-electron chi connectivity index (χ0n) is 19.0. The molecule has 0 saturated heterocycles. The van der Waals surface area contributed by atoms with E-state index in [1.165, 1.54) is 17.0 Å². The fraction of sp³-hybridized carbons (Fsp3) is 0.591. The van der Waals surface area contributed by atoms with Crippen molar-refractivity contribution in [2.24, 2.45) is 5.92 Å². The molecule has 1 aromatic rings. The Morgan fingerprint density at radius 3 is 2.39 bits per heavy atom. The first-order valence-electron chi connectivity index (χ1n) is 10.7. The van der Waals surface area contributed by atoms with E-state index in [1.54, 1.807) is 20.8 Å². The third-order valence-electron chi connectivity index (χ3n) is 5.09. The van der Waals surface area contributed by atoms with Crippen molar-refractivity contribution in [2.45, 2.75) is 70.9 Å². The number of nitrogens with zero attached hydrogens (tertiary/aromatic N) is 1. The van der Waals surface area contributed by atoms with Gasteiger partial charge in [-0.05, 0) is 70.2 Å². The van der Waals surface area contributed by atoms with Crippen LogP contribution >= 0.6 is 0 Å². The second-order valence-corrected chi connectivity index (χ2v) is 10.7. The predicted molar refractivity (Wildman–Crippen MR) is 119 cm³/mol. The quantitative estimate of drug-likeness (QED) is 0.530. The summed E-state index contributed by atoms with van der Waals surface area (Å²) in [6.45, 7) is 8.74. The summed E-state index contributed by atoms with van der Waals surface area (Å²) in [6.07, 6.45) is -1.79. The Morgan fingerprint density at radius 1 is 1.21 bits per heavy atom. The van der Waals surface area contributed by atoms with E-state index in [9.17, 15) is 26.4 Å². The van der Waals surface area contributed by atoms with Gasteiger partial charge >= 0.3 is 12.5 Å². The molecule has 1 fully saturated rings. The van der Waals surface area contributed by atoms with Gasteiger partial charge in [0.2, 0.25) is 10.0 Å². The molecular formula is C22H31F3N2O5S. The molecule has 0 radical (unpaired) electrons. The molecule has 0 spiro atoms. The second-order valence-electron chi connectivity index (χ2n) is 9.02. The Balaban J connectivity index is 2.11. The van der Waals surface area contributed by atoms with Crippen LogP contribution in [0.5, 0.6) is 5.75 Å². The number of anilines is 1. The summed E-state index contributed by atoms with van der Waals surface area (Å²) < 4.78 is 72.9. The molecule has 0 bridgehead atoms. The smallest absolute Gasteiger partial charge is 0.443 e. The highest BCUT2D eigenvalue weighted by atomic mass is 32.2. The molecule has 0 aromatic heterocycles. The molecule has 0 heterocycles. The number of sulfonamides is 1. The lowest BCUT2D eigenvalue weighted by Gasteiger charge is -2.32. The van der Waals surface area contributed by atoms with Gasteiger partial charge in [-0.25, -0.2) is 17.9 Å². The van der Waals surface area contributed by atoms with Gasteiger partial charge in [-0.15, -0.1) is 13.2 Å². The van der Waals surface area contributed by atoms with E-state index < -0.39 is 28.1 Å². The molecule has 7 nitrogen and oxygen atoms in total. The van der Waals surface area contributed by atoms with Crippen LogP contribution in [0.2, 0.25) is 0 Å². The summed E-state index contributed by atoms with van der Waals surface area (Å²) in [5.41, 5.74) is -0.383. The first kappa shape index (κ1) is 27.0. The molecule has 1 unspecified atom stereocenters. The Hall–Kier alpha value is -2.27. The van der Waals surface area contributed by atoms with Gasteiger partial charge in [0.15, 0.2) is 0 Å². The van der Waals surface area contributed by atoms with Gasteiger partial charge in [-0.1, -0.05) is 19.4 Å². The summed E-state index contributed by atoms with van der Waals surface area (Å²) in [5, 5.41) is 0.882. The molecule has 2 rings (SSSR count). The van der Waals surface area contributed by atoms with Gasteiger partial charge in [0.25, 0.3) is 0 Å². The van der Waals surface area contributed by atoms with Crippen molar-refractivity contribution in [3.05, 3.63) is 36.3 Å². The number of halogens is 3. The molecule has 33 heavy (non-hydrogen) atoms. The Morgan fingerprint density at radius 2 is 1.85 bits per heavy atom. The van der Waals surface area contributed by atoms with Crippen LogP contribution in [0.25, 0.3) is 0 Å². The van der Waals surface area contributed by atoms with Gasteiger partial charge in [0, 0.05) is 23.7 Å². The van der Waals surface area contributed by atoms with Gasteiger partial charge in [-0.3, -0.25) is 4.90 Å². The lowest BCUT2D eigenvalue weighted by Crippen LogP contribution is -2.40. The molecule has 0 aliphatic heterocycles. The van der Waals surface area contributed by atoms with E-state index in [0.29, 0.717) is 18.5 Å². The largest absolute Gasteiger partial charge is 0.573 e. The number of alkyl halides is 3. The van der Waals surface area contributed by atoms with Crippen LogP contribution in [0, 0.1) is 5.92 Å². The molecule has 1 amide bonds. The number of ether oxygens (including phenoxy) is 2. The fourth-order valence-electron chi connectivity index (χ4n) is 3.72. The highest BCUT2D eigenvalue weighted by Crippen LogP contribution is 2.30. The number of benzene rings is 1. The maximum Gasteiger partial charge on any atom is 0.573 e. The summed E-state index contributed by atoms with van der Waals surface area (Å²) in [4.78, 5) is 14.2. The highest BCUT2D eigenvalue weighted by molar-refractivity contribution is 7.92. The third-order valence-corrected chi connectivity index (χ3v) is 6.19. The van der Waals surface area contributed by atoms with Crippen LogP contribution < -0.4 is 14.4 Å². The van der Waals surface area contributed by atoms with E-state index in [2.05, 4.69) is 16.0 Å². The van der Waals surface area contributed by atoms with E-state index in [1.807, 2.05) is 0 Å². The summed E-state index contributed by atoms with van der Waals surface area (Å²) in [5.74, 6) is -0.228. The molecule has 186 valence electrons. The predicted octanol–water partition coefficient (Wildman–Crippen LogP) is 5.34. The zero-order chi connectivity index (χ0) is 24.9. The molecule has 1 N–H and O–H groups in total. The fourth-order valence-corrected chi connectivity index (χ4v) is 4.50. The molecule has 1 aromatic carbocycles. The van der Waals surface area contributed by atoms with Crippen molar-refractivity contribution in [3.8, 4) is 5.75 Å². The number of hydrogen-bond donors (Lipinski definition) is 1. The minimum atomic E-state index is -4.81. The lowest BCUT2D eigenvalue weighted by atomic mass is 9.84. The molecule has 1 aliphatic carbocycles. The monoisotopic (exact) mass is 492 g/mol. The van der Waals surface area contributed by atoms with Gasteiger partial charge in [0.05, 0.1) is 0 Å². The van der Waals surface area contributed by atoms with Crippen LogP contribution in [-0.4, -0.2) is 39.1 Å². The number of rotatable bonds is 8. The minimum Gasteiger partial charge on any atom is -0.443 e. The second kappa shape index (κ2) is 10.8. The van der Waals surface area contributed by atoms with E-state index >= 15 is 0 Å². The van der Waals surface area contributed by atoms with Crippen molar-refractivity contribution in [3.63, 3.8) is 0 Å². The van der Waals surface area contributed by atoms with Gasteiger partial charge in [0.1, 0.15) is 11.4 Å². The van der Waals surface area contributed by atoms with Crippen LogP contribution in [0.4, 0.5) is 23.7 Å². The number of amides is 1. The van der Waals surface area contributed by atoms with Crippen molar-refractivity contribution in [2.75, 3.05) is 11.4 Å². The summed E-state index contributed by atoms with van der Waals surface area (Å²) in [6, 6.07) is 4.81. The normalized spacial score (nSPS) is 19.6. The topological polar surface area (TPSA) is 84.9 Å². The first-order chi connectivity index (χ1) is 15.2. The average Bonchev–Trinajstić information content (AvgIpc) is 2.67. The summed E-state index contributed by atoms with van der Waals surface area (Å²) in [7, 11) is -3.53. The molecular weight excluding hydrogens is 461 g/mol. The van der Waals surface area contributed by atoms with Crippen molar-refractivity contribution in [1.82, 2.24) is 4.72 Å².